The Kier molecular flexibility index (Phi) is 6.30. The second-order valence-corrected chi connectivity index (χ2v) is 6.44. The van der Waals surface area contributed by atoms with Gasteiger partial charge in [-0.3, -0.25) is 0 Å². The Labute approximate surface area is 128 Å². The summed E-state index contributed by atoms with van der Waals surface area (Å²) in [5.41, 5.74) is -0.189. The summed E-state index contributed by atoms with van der Waals surface area (Å²) >= 11 is 0. The largest absolute Gasteiger partial charge is 0.378 e. The molecule has 2 aliphatic rings. The van der Waals surface area contributed by atoms with Crippen LogP contribution in [0.1, 0.15) is 52.4 Å². The van der Waals surface area contributed by atoms with Crippen molar-refractivity contribution < 1.29 is 14.3 Å². The zero-order valence-corrected chi connectivity index (χ0v) is 13.5. The predicted molar refractivity (Wildman–Crippen MR) is 82.4 cm³/mol. The average Bonchev–Trinajstić information content (AvgIpc) is 2.52. The molecule has 0 unspecified atom stereocenters. The number of nitrogens with zero attached hydrogens (tertiary/aromatic N) is 1. The first-order valence-corrected chi connectivity index (χ1v) is 8.41. The van der Waals surface area contributed by atoms with Crippen LogP contribution in [0.5, 0.6) is 0 Å². The van der Waals surface area contributed by atoms with Crippen molar-refractivity contribution in [2.75, 3.05) is 32.8 Å². The molecule has 0 bridgehead atoms. The summed E-state index contributed by atoms with van der Waals surface area (Å²) < 4.78 is 11.5. The van der Waals surface area contributed by atoms with Gasteiger partial charge in [-0.05, 0) is 45.4 Å². The Morgan fingerprint density at radius 3 is 2.95 bits per heavy atom. The minimum atomic E-state index is -0.189. The standard InChI is InChI=1S/C16H30N2O3/c1-3-16(2)13-18(10-12-21-16)15(19)17-9-6-8-14-7-4-5-11-20-14/h14H,3-13H2,1-2H3,(H,17,19)/t14-,16-/m1/s1. The highest BCUT2D eigenvalue weighted by atomic mass is 16.5. The van der Waals surface area contributed by atoms with Gasteiger partial charge in [-0.2, -0.15) is 0 Å². The highest BCUT2D eigenvalue weighted by Gasteiger charge is 2.32. The summed E-state index contributed by atoms with van der Waals surface area (Å²) in [4.78, 5) is 14.1. The van der Waals surface area contributed by atoms with Crippen molar-refractivity contribution in [3.8, 4) is 0 Å². The molecule has 0 aliphatic carbocycles. The maximum absolute atomic E-state index is 12.2. The Balaban J connectivity index is 1.62. The van der Waals surface area contributed by atoms with Crippen molar-refractivity contribution in [3.63, 3.8) is 0 Å². The normalized spacial score (nSPS) is 30.2. The molecule has 0 aromatic rings. The van der Waals surface area contributed by atoms with Crippen molar-refractivity contribution in [2.24, 2.45) is 0 Å². The van der Waals surface area contributed by atoms with Gasteiger partial charge in [0.25, 0.3) is 0 Å². The number of nitrogens with one attached hydrogen (secondary N) is 1. The van der Waals surface area contributed by atoms with E-state index in [1.165, 1.54) is 19.3 Å². The van der Waals surface area contributed by atoms with Crippen LogP contribution in [0.25, 0.3) is 0 Å². The van der Waals surface area contributed by atoms with Gasteiger partial charge in [0, 0.05) is 19.7 Å². The third kappa shape index (κ3) is 5.15. The van der Waals surface area contributed by atoms with E-state index >= 15 is 0 Å². The lowest BCUT2D eigenvalue weighted by Crippen LogP contribution is -2.54. The van der Waals surface area contributed by atoms with Crippen molar-refractivity contribution in [2.45, 2.75) is 64.1 Å². The van der Waals surface area contributed by atoms with Gasteiger partial charge >= 0.3 is 6.03 Å². The third-order valence-corrected chi connectivity index (χ3v) is 4.63. The molecule has 0 aromatic carbocycles. The quantitative estimate of drug-likeness (QED) is 0.794. The van der Waals surface area contributed by atoms with Crippen LogP contribution in [0.4, 0.5) is 4.79 Å². The number of rotatable bonds is 5. The molecule has 2 saturated heterocycles. The van der Waals surface area contributed by atoms with Crippen LogP contribution < -0.4 is 5.32 Å². The number of hydrogen-bond acceptors (Lipinski definition) is 3. The van der Waals surface area contributed by atoms with Crippen molar-refractivity contribution in [1.82, 2.24) is 10.2 Å². The van der Waals surface area contributed by atoms with Crippen LogP contribution in [0.3, 0.4) is 0 Å². The summed E-state index contributed by atoms with van der Waals surface area (Å²) in [5.74, 6) is 0. The lowest BCUT2D eigenvalue weighted by Gasteiger charge is -2.39. The fourth-order valence-corrected chi connectivity index (χ4v) is 2.99. The van der Waals surface area contributed by atoms with Crippen molar-refractivity contribution >= 4 is 6.03 Å². The number of carbonyl (C=O) groups excluding carboxylic acids is 1. The fourth-order valence-electron chi connectivity index (χ4n) is 2.99. The molecule has 1 N–H and O–H groups in total. The lowest BCUT2D eigenvalue weighted by molar-refractivity contribution is -0.0872. The molecule has 2 amide bonds. The maximum Gasteiger partial charge on any atom is 0.317 e. The van der Waals surface area contributed by atoms with E-state index in [0.29, 0.717) is 25.8 Å². The molecule has 0 saturated carbocycles. The van der Waals surface area contributed by atoms with Crippen LogP contribution >= 0.6 is 0 Å². The minimum Gasteiger partial charge on any atom is -0.378 e. The van der Waals surface area contributed by atoms with E-state index in [4.69, 9.17) is 9.47 Å². The van der Waals surface area contributed by atoms with Crippen LogP contribution in [0.2, 0.25) is 0 Å². The molecule has 21 heavy (non-hydrogen) atoms. The molecular formula is C16H30N2O3. The summed E-state index contributed by atoms with van der Waals surface area (Å²) in [6.45, 7) is 7.82. The SMILES string of the molecule is CC[C@]1(C)CN(C(=O)NCCC[C@H]2CCCCO2)CCO1. The molecule has 2 fully saturated rings. The van der Waals surface area contributed by atoms with E-state index in [2.05, 4.69) is 19.2 Å². The number of hydrogen-bond donors (Lipinski definition) is 1. The van der Waals surface area contributed by atoms with E-state index in [-0.39, 0.29) is 11.6 Å². The first-order valence-electron chi connectivity index (χ1n) is 8.41. The van der Waals surface area contributed by atoms with Crippen LogP contribution in [-0.4, -0.2) is 55.5 Å². The molecule has 5 heteroatoms. The van der Waals surface area contributed by atoms with E-state index in [1.54, 1.807) is 0 Å². The Morgan fingerprint density at radius 2 is 2.24 bits per heavy atom. The smallest absolute Gasteiger partial charge is 0.317 e. The topological polar surface area (TPSA) is 50.8 Å². The molecule has 122 valence electrons. The van der Waals surface area contributed by atoms with Gasteiger partial charge in [0.05, 0.1) is 24.9 Å². The number of carbonyl (C=O) groups is 1. The molecular weight excluding hydrogens is 268 g/mol. The number of urea groups is 1. The second-order valence-electron chi connectivity index (χ2n) is 6.44. The Morgan fingerprint density at radius 1 is 1.38 bits per heavy atom. The second kappa shape index (κ2) is 7.99. The van der Waals surface area contributed by atoms with Crippen LogP contribution in [-0.2, 0) is 9.47 Å². The van der Waals surface area contributed by atoms with Crippen LogP contribution in [0, 0.1) is 0 Å². The summed E-state index contributed by atoms with van der Waals surface area (Å²) in [6, 6.07) is 0.0440. The van der Waals surface area contributed by atoms with Gasteiger partial charge < -0.3 is 19.7 Å². The van der Waals surface area contributed by atoms with Gasteiger partial charge in [0.2, 0.25) is 0 Å². The van der Waals surface area contributed by atoms with Crippen molar-refractivity contribution in [3.05, 3.63) is 0 Å². The Hall–Kier alpha value is -0.810. The molecule has 2 aliphatic heterocycles. The summed E-state index contributed by atoms with van der Waals surface area (Å²) in [5, 5.41) is 3.03. The maximum atomic E-state index is 12.2. The monoisotopic (exact) mass is 298 g/mol. The molecule has 2 heterocycles. The molecule has 0 spiro atoms. The molecule has 0 aromatic heterocycles. The lowest BCUT2D eigenvalue weighted by atomic mass is 10.0. The summed E-state index contributed by atoms with van der Waals surface area (Å²) in [6.07, 6.45) is 7.02. The van der Waals surface area contributed by atoms with E-state index < -0.39 is 0 Å². The molecule has 2 atom stereocenters. The van der Waals surface area contributed by atoms with Gasteiger partial charge in [-0.25, -0.2) is 4.79 Å². The number of amides is 2. The summed E-state index contributed by atoms with van der Waals surface area (Å²) in [7, 11) is 0. The third-order valence-electron chi connectivity index (χ3n) is 4.63. The first kappa shape index (κ1) is 16.6. The fraction of sp³-hybridized carbons (Fsp3) is 0.938. The predicted octanol–water partition coefficient (Wildman–Crippen LogP) is 2.55. The molecule has 2 rings (SSSR count). The Bertz CT molecular complexity index is 331. The zero-order chi connectivity index (χ0) is 15.1. The van der Waals surface area contributed by atoms with E-state index in [1.807, 2.05) is 4.90 Å². The van der Waals surface area contributed by atoms with Gasteiger partial charge in [-0.15, -0.1) is 0 Å². The molecule has 5 nitrogen and oxygen atoms in total. The van der Waals surface area contributed by atoms with E-state index in [0.717, 1.165) is 32.4 Å². The van der Waals surface area contributed by atoms with Gasteiger partial charge in [-0.1, -0.05) is 6.92 Å². The van der Waals surface area contributed by atoms with Gasteiger partial charge in [0.1, 0.15) is 0 Å². The number of ether oxygens (including phenoxy) is 2. The zero-order valence-electron chi connectivity index (χ0n) is 13.5. The molecule has 0 radical (unpaired) electrons. The first-order chi connectivity index (χ1) is 10.1. The average molecular weight is 298 g/mol. The minimum absolute atomic E-state index is 0.0440. The van der Waals surface area contributed by atoms with Crippen LogP contribution in [0.15, 0.2) is 0 Å². The number of morpholine rings is 1. The van der Waals surface area contributed by atoms with E-state index in [9.17, 15) is 4.79 Å². The van der Waals surface area contributed by atoms with Gasteiger partial charge in [0.15, 0.2) is 0 Å². The van der Waals surface area contributed by atoms with Crippen molar-refractivity contribution in [1.29, 1.82) is 0 Å². The highest BCUT2D eigenvalue weighted by Crippen LogP contribution is 2.21. The highest BCUT2D eigenvalue weighted by molar-refractivity contribution is 5.74.